The molecule has 6 heteroatoms. The fourth-order valence-corrected chi connectivity index (χ4v) is 2.37. The van der Waals surface area contributed by atoms with Crippen molar-refractivity contribution in [3.05, 3.63) is 63.9 Å². The average Bonchev–Trinajstić information content (AvgIpc) is 2.45. The van der Waals surface area contributed by atoms with Gasteiger partial charge in [-0.1, -0.05) is 29.3 Å². The van der Waals surface area contributed by atoms with Crippen molar-refractivity contribution in [1.29, 1.82) is 0 Å². The molecule has 1 amide bonds. The van der Waals surface area contributed by atoms with E-state index in [0.717, 1.165) is 0 Å². The fourth-order valence-electron chi connectivity index (χ4n) is 1.72. The zero-order valence-corrected chi connectivity index (χ0v) is 11.9. The van der Waals surface area contributed by atoms with Crippen molar-refractivity contribution in [2.45, 2.75) is 6.10 Å². The minimum Gasteiger partial charge on any atom is -0.386 e. The molecule has 1 aromatic heterocycles. The van der Waals surface area contributed by atoms with Gasteiger partial charge in [0.05, 0.1) is 11.7 Å². The third-order valence-corrected chi connectivity index (χ3v) is 3.37. The maximum absolute atomic E-state index is 11.8. The summed E-state index contributed by atoms with van der Waals surface area (Å²) < 4.78 is 0. The van der Waals surface area contributed by atoms with Crippen LogP contribution in [0.1, 0.15) is 22.0 Å². The largest absolute Gasteiger partial charge is 0.386 e. The van der Waals surface area contributed by atoms with Crippen molar-refractivity contribution < 1.29 is 9.90 Å². The van der Waals surface area contributed by atoms with Gasteiger partial charge in [-0.05, 0) is 24.3 Å². The van der Waals surface area contributed by atoms with Gasteiger partial charge < -0.3 is 10.4 Å². The average molecular weight is 311 g/mol. The van der Waals surface area contributed by atoms with E-state index in [-0.39, 0.29) is 12.5 Å². The molecule has 1 heterocycles. The summed E-state index contributed by atoms with van der Waals surface area (Å²) in [5, 5.41) is 13.4. The number of aliphatic hydroxyl groups is 1. The van der Waals surface area contributed by atoms with Gasteiger partial charge in [-0.3, -0.25) is 9.78 Å². The van der Waals surface area contributed by atoms with Gasteiger partial charge in [0.15, 0.2) is 0 Å². The predicted octanol–water partition coefficient (Wildman–Crippen LogP) is 2.85. The van der Waals surface area contributed by atoms with Crippen LogP contribution in [0.2, 0.25) is 10.0 Å². The summed E-state index contributed by atoms with van der Waals surface area (Å²) in [6, 6.07) is 8.26. The molecule has 0 aliphatic heterocycles. The number of hydrogen-bond acceptors (Lipinski definition) is 3. The molecule has 0 aliphatic rings. The highest BCUT2D eigenvalue weighted by Gasteiger charge is 2.16. The zero-order valence-electron chi connectivity index (χ0n) is 10.4. The second-order valence-electron chi connectivity index (χ2n) is 4.10. The lowest BCUT2D eigenvalue weighted by Gasteiger charge is -2.15. The van der Waals surface area contributed by atoms with Crippen LogP contribution < -0.4 is 5.32 Å². The van der Waals surface area contributed by atoms with Gasteiger partial charge in [0, 0.05) is 34.5 Å². The van der Waals surface area contributed by atoms with E-state index in [2.05, 4.69) is 10.3 Å². The van der Waals surface area contributed by atoms with Gasteiger partial charge in [-0.2, -0.15) is 0 Å². The molecule has 1 unspecified atom stereocenters. The van der Waals surface area contributed by atoms with Gasteiger partial charge in [-0.15, -0.1) is 0 Å². The molecule has 2 rings (SSSR count). The van der Waals surface area contributed by atoms with Crippen LogP contribution in [0, 0.1) is 0 Å². The summed E-state index contributed by atoms with van der Waals surface area (Å²) in [5.74, 6) is -0.319. The normalized spacial score (nSPS) is 11.9. The van der Waals surface area contributed by atoms with E-state index in [1.807, 2.05) is 0 Å². The summed E-state index contributed by atoms with van der Waals surface area (Å²) in [5.41, 5.74) is 0.826. The summed E-state index contributed by atoms with van der Waals surface area (Å²) >= 11 is 12.0. The van der Waals surface area contributed by atoms with E-state index in [4.69, 9.17) is 23.2 Å². The highest BCUT2D eigenvalue weighted by molar-refractivity contribution is 6.36. The van der Waals surface area contributed by atoms with Crippen molar-refractivity contribution in [3.63, 3.8) is 0 Å². The van der Waals surface area contributed by atoms with Crippen molar-refractivity contribution in [2.24, 2.45) is 0 Å². The Morgan fingerprint density at radius 3 is 2.55 bits per heavy atom. The number of hydrogen-bond donors (Lipinski definition) is 2. The van der Waals surface area contributed by atoms with Crippen LogP contribution in [0.15, 0.2) is 42.7 Å². The van der Waals surface area contributed by atoms with Gasteiger partial charge in [0.1, 0.15) is 0 Å². The van der Waals surface area contributed by atoms with Gasteiger partial charge >= 0.3 is 0 Å². The van der Waals surface area contributed by atoms with E-state index >= 15 is 0 Å². The number of carbonyl (C=O) groups is 1. The highest BCUT2D eigenvalue weighted by atomic mass is 35.5. The lowest BCUT2D eigenvalue weighted by Crippen LogP contribution is -2.28. The Morgan fingerprint density at radius 1 is 1.25 bits per heavy atom. The molecule has 20 heavy (non-hydrogen) atoms. The molecule has 0 radical (unpaired) electrons. The molecule has 0 bridgehead atoms. The van der Waals surface area contributed by atoms with E-state index in [1.165, 1.54) is 6.20 Å². The van der Waals surface area contributed by atoms with Crippen molar-refractivity contribution in [1.82, 2.24) is 10.3 Å². The lowest BCUT2D eigenvalue weighted by atomic mass is 10.1. The highest BCUT2D eigenvalue weighted by Crippen LogP contribution is 2.29. The van der Waals surface area contributed by atoms with Crippen molar-refractivity contribution in [3.8, 4) is 0 Å². The Bertz CT molecular complexity index is 585. The SMILES string of the molecule is O=C(NCC(O)c1c(Cl)cccc1Cl)c1cccnc1. The van der Waals surface area contributed by atoms with Crippen LogP contribution in [-0.2, 0) is 0 Å². The number of pyridine rings is 1. The van der Waals surface area contributed by atoms with Crippen LogP contribution in [-0.4, -0.2) is 22.5 Å². The number of rotatable bonds is 4. The maximum Gasteiger partial charge on any atom is 0.252 e. The molecule has 2 N–H and O–H groups in total. The summed E-state index contributed by atoms with van der Waals surface area (Å²) in [6.07, 6.45) is 2.05. The van der Waals surface area contributed by atoms with Gasteiger partial charge in [0.2, 0.25) is 0 Å². The summed E-state index contributed by atoms with van der Waals surface area (Å²) in [7, 11) is 0. The Labute approximate surface area is 126 Å². The summed E-state index contributed by atoms with van der Waals surface area (Å²) in [6.45, 7) is 0.0111. The molecule has 2 aromatic rings. The molecule has 0 aliphatic carbocycles. The molecular formula is C14H12Cl2N2O2. The first-order chi connectivity index (χ1) is 9.59. The van der Waals surface area contributed by atoms with Crippen molar-refractivity contribution in [2.75, 3.05) is 6.54 Å². The first kappa shape index (κ1) is 14.8. The van der Waals surface area contributed by atoms with Gasteiger partial charge in [-0.25, -0.2) is 0 Å². The van der Waals surface area contributed by atoms with E-state index < -0.39 is 6.10 Å². The van der Waals surface area contributed by atoms with Crippen LogP contribution >= 0.6 is 23.2 Å². The molecule has 104 valence electrons. The molecule has 1 atom stereocenters. The number of amides is 1. The predicted molar refractivity (Wildman–Crippen MR) is 78.0 cm³/mol. The van der Waals surface area contributed by atoms with Crippen LogP contribution in [0.5, 0.6) is 0 Å². The third-order valence-electron chi connectivity index (χ3n) is 2.71. The second-order valence-corrected chi connectivity index (χ2v) is 4.92. The fraction of sp³-hybridized carbons (Fsp3) is 0.143. The molecule has 4 nitrogen and oxygen atoms in total. The number of carbonyl (C=O) groups excluding carboxylic acids is 1. The standard InChI is InChI=1S/C14H12Cl2N2O2/c15-10-4-1-5-11(16)13(10)12(19)8-18-14(20)9-3-2-6-17-7-9/h1-7,12,19H,8H2,(H,18,20). The first-order valence-corrected chi connectivity index (χ1v) is 6.65. The molecule has 0 saturated carbocycles. The monoisotopic (exact) mass is 310 g/mol. The van der Waals surface area contributed by atoms with E-state index in [0.29, 0.717) is 21.2 Å². The molecule has 1 aromatic carbocycles. The van der Waals surface area contributed by atoms with Gasteiger partial charge in [0.25, 0.3) is 5.91 Å². The minimum absolute atomic E-state index is 0.0111. The van der Waals surface area contributed by atoms with Crippen molar-refractivity contribution >= 4 is 29.1 Å². The van der Waals surface area contributed by atoms with E-state index in [9.17, 15) is 9.90 Å². The Kier molecular flexibility index (Phi) is 4.95. The third kappa shape index (κ3) is 3.48. The lowest BCUT2D eigenvalue weighted by molar-refractivity contribution is 0.0916. The molecule has 0 spiro atoms. The molecular weight excluding hydrogens is 299 g/mol. The summed E-state index contributed by atoms with van der Waals surface area (Å²) in [4.78, 5) is 15.7. The second kappa shape index (κ2) is 6.70. The smallest absolute Gasteiger partial charge is 0.252 e. The van der Waals surface area contributed by atoms with Crippen LogP contribution in [0.3, 0.4) is 0 Å². The molecule has 0 fully saturated rings. The topological polar surface area (TPSA) is 62.2 Å². The number of halogens is 2. The van der Waals surface area contributed by atoms with Crippen LogP contribution in [0.25, 0.3) is 0 Å². The number of aliphatic hydroxyl groups excluding tert-OH is 1. The Balaban J connectivity index is 2.02. The Hall–Kier alpha value is -1.62. The maximum atomic E-state index is 11.8. The number of aromatic nitrogens is 1. The molecule has 0 saturated heterocycles. The zero-order chi connectivity index (χ0) is 14.5. The Morgan fingerprint density at radius 2 is 1.95 bits per heavy atom. The number of nitrogens with zero attached hydrogens (tertiary/aromatic N) is 1. The van der Waals surface area contributed by atoms with Crippen LogP contribution in [0.4, 0.5) is 0 Å². The first-order valence-electron chi connectivity index (χ1n) is 5.90. The number of nitrogens with one attached hydrogen (secondary N) is 1. The minimum atomic E-state index is -0.975. The quantitative estimate of drug-likeness (QED) is 0.912. The number of benzene rings is 1. The van der Waals surface area contributed by atoms with E-state index in [1.54, 1.807) is 36.5 Å².